The minimum Gasteiger partial charge on any atom is -0.493 e. The van der Waals surface area contributed by atoms with Crippen molar-refractivity contribution in [1.29, 1.82) is 0 Å². The zero-order valence-corrected chi connectivity index (χ0v) is 16.1. The van der Waals surface area contributed by atoms with E-state index in [1.165, 1.54) is 11.0 Å². The van der Waals surface area contributed by atoms with Crippen LogP contribution in [0.2, 0.25) is 0 Å². The summed E-state index contributed by atoms with van der Waals surface area (Å²) in [6.45, 7) is 0. The van der Waals surface area contributed by atoms with E-state index >= 15 is 0 Å². The number of benzene rings is 2. The van der Waals surface area contributed by atoms with Gasteiger partial charge in [0.15, 0.2) is 11.5 Å². The van der Waals surface area contributed by atoms with Gasteiger partial charge < -0.3 is 14.5 Å². The Morgan fingerprint density at radius 2 is 1.96 bits per heavy atom. The second-order valence-corrected chi connectivity index (χ2v) is 6.71. The van der Waals surface area contributed by atoms with Gasteiger partial charge in [0.05, 0.1) is 20.4 Å². The van der Waals surface area contributed by atoms with Crippen LogP contribution in [0.25, 0.3) is 21.9 Å². The van der Waals surface area contributed by atoms with Crippen LogP contribution >= 0.6 is 15.9 Å². The van der Waals surface area contributed by atoms with E-state index in [4.69, 9.17) is 9.47 Å². The predicted molar refractivity (Wildman–Crippen MR) is 108 cm³/mol. The maximum absolute atomic E-state index is 12.7. The highest BCUT2D eigenvalue weighted by molar-refractivity contribution is 9.10. The summed E-state index contributed by atoms with van der Waals surface area (Å²) in [5.41, 5.74) is 2.37. The first kappa shape index (κ1) is 17.3. The summed E-state index contributed by atoms with van der Waals surface area (Å²) < 4.78 is 12.6. The molecule has 8 heteroatoms. The number of halogens is 1. The maximum Gasteiger partial charge on any atom is 0.298 e. The van der Waals surface area contributed by atoms with Gasteiger partial charge in [-0.3, -0.25) is 4.79 Å². The van der Waals surface area contributed by atoms with Gasteiger partial charge in [-0.1, -0.05) is 15.9 Å². The summed E-state index contributed by atoms with van der Waals surface area (Å²) >= 11 is 3.44. The number of hydrogen-bond donors (Lipinski definition) is 1. The van der Waals surface area contributed by atoms with Gasteiger partial charge in [-0.25, -0.2) is 4.98 Å². The molecule has 0 radical (unpaired) electrons. The minimum atomic E-state index is -0.274. The minimum absolute atomic E-state index is 0.274. The summed E-state index contributed by atoms with van der Waals surface area (Å²) in [5.74, 6) is 1.21. The maximum atomic E-state index is 12.7. The van der Waals surface area contributed by atoms with E-state index in [1.807, 2.05) is 24.3 Å². The molecule has 0 saturated carbocycles. The first-order valence-electron chi connectivity index (χ1n) is 8.05. The lowest BCUT2D eigenvalue weighted by molar-refractivity contribution is 0.355. The third-order valence-corrected chi connectivity index (χ3v) is 4.68. The molecule has 0 aliphatic rings. The molecule has 0 saturated heterocycles. The SMILES string of the molecule is COc1ccc(/C=N/n2cnc3c([nH]c4ccc(Br)cc43)c2=O)cc1OC. The number of hydrogen-bond acceptors (Lipinski definition) is 5. The lowest BCUT2D eigenvalue weighted by atomic mass is 10.2. The Kier molecular flexibility index (Phi) is 4.41. The Morgan fingerprint density at radius 1 is 1.15 bits per heavy atom. The lowest BCUT2D eigenvalue weighted by Gasteiger charge is -2.07. The molecule has 7 nitrogen and oxygen atoms in total. The highest BCUT2D eigenvalue weighted by Gasteiger charge is 2.11. The molecule has 2 aromatic heterocycles. The quantitative estimate of drug-likeness (QED) is 0.506. The van der Waals surface area contributed by atoms with Gasteiger partial charge >= 0.3 is 0 Å². The van der Waals surface area contributed by atoms with Crippen molar-refractivity contribution in [1.82, 2.24) is 14.6 Å². The number of nitrogens with one attached hydrogen (secondary N) is 1. The Labute approximate surface area is 162 Å². The van der Waals surface area contributed by atoms with Crippen molar-refractivity contribution in [3.8, 4) is 11.5 Å². The number of rotatable bonds is 4. The van der Waals surface area contributed by atoms with Crippen LogP contribution in [-0.2, 0) is 0 Å². The molecule has 4 rings (SSSR count). The van der Waals surface area contributed by atoms with E-state index in [9.17, 15) is 4.79 Å². The fraction of sp³-hybridized carbons (Fsp3) is 0.105. The molecular formula is C19H15BrN4O3. The van der Waals surface area contributed by atoms with E-state index in [1.54, 1.807) is 32.6 Å². The molecule has 0 unspecified atom stereocenters. The molecule has 27 heavy (non-hydrogen) atoms. The van der Waals surface area contributed by atoms with Crippen molar-refractivity contribution in [2.24, 2.45) is 5.10 Å². The summed E-state index contributed by atoms with van der Waals surface area (Å²) in [5, 5.41) is 5.12. The van der Waals surface area contributed by atoms with Crippen LogP contribution in [0.1, 0.15) is 5.56 Å². The average molecular weight is 427 g/mol. The molecule has 2 heterocycles. The molecule has 4 aromatic rings. The first-order valence-corrected chi connectivity index (χ1v) is 8.85. The van der Waals surface area contributed by atoms with E-state index in [0.29, 0.717) is 22.5 Å². The molecule has 0 spiro atoms. The topological polar surface area (TPSA) is 81.5 Å². The van der Waals surface area contributed by atoms with Crippen LogP contribution in [0, 0.1) is 0 Å². The molecule has 136 valence electrons. The highest BCUT2D eigenvalue weighted by Crippen LogP contribution is 2.27. The Balaban J connectivity index is 1.76. The molecule has 0 aliphatic heterocycles. The van der Waals surface area contributed by atoms with Gasteiger partial charge in [0, 0.05) is 15.4 Å². The van der Waals surface area contributed by atoms with Crippen LogP contribution in [0.5, 0.6) is 11.5 Å². The molecule has 0 aliphatic carbocycles. The van der Waals surface area contributed by atoms with Crippen molar-refractivity contribution in [3.63, 3.8) is 0 Å². The van der Waals surface area contributed by atoms with Crippen molar-refractivity contribution < 1.29 is 9.47 Å². The molecular weight excluding hydrogens is 412 g/mol. The molecule has 0 bridgehead atoms. The van der Waals surface area contributed by atoms with Gasteiger partial charge in [0.2, 0.25) is 0 Å². The predicted octanol–water partition coefficient (Wildman–Crippen LogP) is 3.54. The fourth-order valence-electron chi connectivity index (χ4n) is 2.86. The van der Waals surface area contributed by atoms with Gasteiger partial charge in [0.25, 0.3) is 5.56 Å². The summed E-state index contributed by atoms with van der Waals surface area (Å²) in [7, 11) is 3.14. The van der Waals surface area contributed by atoms with Gasteiger partial charge in [-0.05, 0) is 42.0 Å². The van der Waals surface area contributed by atoms with E-state index in [-0.39, 0.29) is 5.56 Å². The van der Waals surface area contributed by atoms with Crippen LogP contribution in [0.3, 0.4) is 0 Å². The molecule has 2 aromatic carbocycles. The molecule has 0 amide bonds. The van der Waals surface area contributed by atoms with Crippen LogP contribution in [-0.4, -0.2) is 35.1 Å². The highest BCUT2D eigenvalue weighted by atomic mass is 79.9. The van der Waals surface area contributed by atoms with Gasteiger partial charge in [-0.2, -0.15) is 9.78 Å². The van der Waals surface area contributed by atoms with Crippen molar-refractivity contribution >= 4 is 44.1 Å². The van der Waals surface area contributed by atoms with Crippen LogP contribution in [0.4, 0.5) is 0 Å². The number of aromatic amines is 1. The number of fused-ring (bicyclic) bond motifs is 3. The lowest BCUT2D eigenvalue weighted by Crippen LogP contribution is -2.17. The number of H-pyrrole nitrogens is 1. The zero-order valence-electron chi connectivity index (χ0n) is 14.6. The summed E-state index contributed by atoms with van der Waals surface area (Å²) in [4.78, 5) is 20.3. The third kappa shape index (κ3) is 3.08. The van der Waals surface area contributed by atoms with E-state index < -0.39 is 0 Å². The first-order chi connectivity index (χ1) is 13.1. The van der Waals surface area contributed by atoms with Crippen LogP contribution in [0.15, 0.2) is 57.1 Å². The standard InChI is InChI=1S/C19H15BrN4O3/c1-26-15-6-3-11(7-16(15)27-2)9-22-24-10-21-17-13-8-12(20)4-5-14(13)23-18(17)19(24)25/h3-10,23H,1-2H3/b22-9+. The van der Waals surface area contributed by atoms with Gasteiger partial charge in [-0.15, -0.1) is 0 Å². The average Bonchev–Trinajstić information content (AvgIpc) is 3.06. The normalized spacial score (nSPS) is 11.5. The van der Waals surface area contributed by atoms with E-state index in [0.717, 1.165) is 20.9 Å². The van der Waals surface area contributed by atoms with Gasteiger partial charge in [0.1, 0.15) is 17.4 Å². The molecule has 0 fully saturated rings. The number of ether oxygens (including phenoxy) is 2. The number of aromatic nitrogens is 3. The van der Waals surface area contributed by atoms with E-state index in [2.05, 4.69) is 31.0 Å². The summed E-state index contributed by atoms with van der Waals surface area (Å²) in [6, 6.07) is 11.1. The second-order valence-electron chi connectivity index (χ2n) is 5.79. The summed E-state index contributed by atoms with van der Waals surface area (Å²) in [6.07, 6.45) is 2.98. The second kappa shape index (κ2) is 6.88. The zero-order chi connectivity index (χ0) is 19.0. The smallest absolute Gasteiger partial charge is 0.298 e. The van der Waals surface area contributed by atoms with Crippen molar-refractivity contribution in [2.45, 2.75) is 0 Å². The Bertz CT molecular complexity index is 1240. The molecule has 1 N–H and O–H groups in total. The van der Waals surface area contributed by atoms with Crippen LogP contribution < -0.4 is 15.0 Å². The molecule has 0 atom stereocenters. The monoisotopic (exact) mass is 426 g/mol. The largest absolute Gasteiger partial charge is 0.493 e. The Morgan fingerprint density at radius 3 is 2.74 bits per heavy atom. The number of nitrogens with zero attached hydrogens (tertiary/aromatic N) is 3. The van der Waals surface area contributed by atoms with Crippen molar-refractivity contribution in [2.75, 3.05) is 14.2 Å². The Hall–Kier alpha value is -3.13. The third-order valence-electron chi connectivity index (χ3n) is 4.19. The fourth-order valence-corrected chi connectivity index (χ4v) is 3.22. The van der Waals surface area contributed by atoms with Crippen molar-refractivity contribution in [3.05, 3.63) is 63.1 Å². The number of methoxy groups -OCH3 is 2.